The van der Waals surface area contributed by atoms with Crippen LogP contribution >= 0.6 is 0 Å². The lowest BCUT2D eigenvalue weighted by Crippen LogP contribution is -2.59. The van der Waals surface area contributed by atoms with Gasteiger partial charge in [0.15, 0.2) is 0 Å². The van der Waals surface area contributed by atoms with Crippen LogP contribution in [0.15, 0.2) is 206 Å². The predicted octanol–water partition coefficient (Wildman–Crippen LogP) is 13.1. The van der Waals surface area contributed by atoms with Gasteiger partial charge in [0, 0.05) is 38.6 Å². The predicted molar refractivity (Wildman–Crippen MR) is 264 cm³/mol. The van der Waals surface area contributed by atoms with Crippen LogP contribution in [0, 0.1) is 0 Å². The van der Waals surface area contributed by atoms with E-state index in [1.165, 1.54) is 114 Å². The summed E-state index contributed by atoms with van der Waals surface area (Å²) < 4.78 is 5.28. The second kappa shape index (κ2) is 11.8. The van der Waals surface area contributed by atoms with Crippen LogP contribution in [-0.2, 0) is 0 Å². The Hall–Kier alpha value is -8.08. The van der Waals surface area contributed by atoms with Gasteiger partial charge in [0.2, 0.25) is 0 Å². The second-order valence-corrected chi connectivity index (χ2v) is 17.2. The molecule has 0 atom stereocenters. The van der Waals surface area contributed by atoms with Crippen molar-refractivity contribution in [3.8, 4) is 11.4 Å². The third-order valence-electron chi connectivity index (χ3n) is 14.2. The molecule has 2 aliphatic rings. The van der Waals surface area contributed by atoms with Crippen LogP contribution < -0.4 is 21.3 Å². The van der Waals surface area contributed by atoms with Crippen LogP contribution in [0.4, 0.5) is 17.1 Å². The first-order valence-electron chi connectivity index (χ1n) is 21.6. The zero-order chi connectivity index (χ0) is 40.2. The number of anilines is 3. The quantitative estimate of drug-likeness (QED) is 0.163. The number of aromatic nitrogens is 2. The Balaban J connectivity index is 1.22. The Morgan fingerprint density at radius 1 is 0.355 bits per heavy atom. The molecule has 0 spiro atoms. The van der Waals surface area contributed by atoms with Crippen molar-refractivity contribution >= 4 is 127 Å². The first kappa shape index (κ1) is 32.7. The minimum atomic E-state index is -0.0429. The van der Waals surface area contributed by atoms with Crippen LogP contribution in [0.25, 0.3) is 98.1 Å². The van der Waals surface area contributed by atoms with Gasteiger partial charge in [-0.05, 0) is 108 Å². The SMILES string of the molecule is c1ccc(N(c2ccccc2)c2ccc3c4c2-n2c5ccc6ccccc6c5c5c6ccccc6cc(c52)B4c2cc4ccccc4c4c5c6ccccc6ccc5n-3c24)cc1. The summed E-state index contributed by atoms with van der Waals surface area (Å²) in [5, 5.41) is 15.5. The monoisotopic (exact) mass is 783 g/mol. The molecule has 4 heteroatoms. The van der Waals surface area contributed by atoms with Gasteiger partial charge in [-0.2, -0.15) is 0 Å². The summed E-state index contributed by atoms with van der Waals surface area (Å²) in [7, 11) is 0. The zero-order valence-electron chi connectivity index (χ0n) is 33.5. The molecule has 0 radical (unpaired) electrons. The van der Waals surface area contributed by atoms with E-state index in [1.807, 2.05) is 0 Å². The average Bonchev–Trinajstić information content (AvgIpc) is 3.88. The fourth-order valence-corrected chi connectivity index (χ4v) is 11.8. The van der Waals surface area contributed by atoms with E-state index < -0.39 is 0 Å². The molecule has 0 saturated carbocycles. The Morgan fingerprint density at radius 3 is 1.32 bits per heavy atom. The summed E-state index contributed by atoms with van der Waals surface area (Å²) in [6.07, 6.45) is 0. The van der Waals surface area contributed by atoms with Gasteiger partial charge in [-0.1, -0.05) is 158 Å². The van der Waals surface area contributed by atoms with Gasteiger partial charge in [-0.15, -0.1) is 0 Å². The molecular weight excluding hydrogens is 749 g/mol. The van der Waals surface area contributed by atoms with E-state index in [0.717, 1.165) is 17.1 Å². The Morgan fingerprint density at radius 2 is 0.790 bits per heavy atom. The van der Waals surface area contributed by atoms with E-state index in [0.29, 0.717) is 0 Å². The van der Waals surface area contributed by atoms with Gasteiger partial charge in [-0.25, -0.2) is 0 Å². The molecule has 0 fully saturated rings. The molecule has 4 heterocycles. The molecule has 11 aromatic carbocycles. The molecular formula is C58H34BN3. The van der Waals surface area contributed by atoms with Gasteiger partial charge in [0.25, 0.3) is 6.71 Å². The van der Waals surface area contributed by atoms with E-state index in [4.69, 9.17) is 0 Å². The number of rotatable bonds is 3. The third-order valence-corrected chi connectivity index (χ3v) is 14.2. The number of para-hydroxylation sites is 2. The fourth-order valence-electron chi connectivity index (χ4n) is 11.8. The largest absolute Gasteiger partial charge is 0.310 e. The van der Waals surface area contributed by atoms with Crippen LogP contribution in [0.3, 0.4) is 0 Å². The number of nitrogens with zero attached hydrogens (tertiary/aromatic N) is 3. The third kappa shape index (κ3) is 4.02. The van der Waals surface area contributed by atoms with Crippen molar-refractivity contribution in [1.82, 2.24) is 9.13 Å². The molecule has 15 rings (SSSR count). The maximum absolute atomic E-state index is 2.66. The van der Waals surface area contributed by atoms with Gasteiger partial charge in [0.1, 0.15) is 0 Å². The molecule has 0 bridgehead atoms. The Kier molecular flexibility index (Phi) is 6.24. The molecule has 2 aliphatic heterocycles. The van der Waals surface area contributed by atoms with Gasteiger partial charge in [-0.3, -0.25) is 0 Å². The van der Waals surface area contributed by atoms with Crippen LogP contribution in [-0.4, -0.2) is 15.8 Å². The molecule has 0 aliphatic carbocycles. The molecule has 13 aromatic rings. The molecule has 2 aromatic heterocycles. The maximum Gasteiger partial charge on any atom is 0.252 e. The molecule has 0 N–H and O–H groups in total. The Bertz CT molecular complexity index is 4070. The van der Waals surface area contributed by atoms with E-state index in [-0.39, 0.29) is 6.71 Å². The minimum Gasteiger partial charge on any atom is -0.310 e. The highest BCUT2D eigenvalue weighted by molar-refractivity contribution is 7.01. The summed E-state index contributed by atoms with van der Waals surface area (Å²) in [5.74, 6) is 0. The topological polar surface area (TPSA) is 13.1 Å². The molecule has 3 nitrogen and oxygen atoms in total. The van der Waals surface area contributed by atoms with Crippen LogP contribution in [0.2, 0.25) is 0 Å². The van der Waals surface area contributed by atoms with Gasteiger partial charge >= 0.3 is 0 Å². The maximum atomic E-state index is 2.66. The lowest BCUT2D eigenvalue weighted by atomic mass is 9.34. The molecule has 62 heavy (non-hydrogen) atoms. The number of hydrogen-bond acceptors (Lipinski definition) is 1. The summed E-state index contributed by atoms with van der Waals surface area (Å²) in [4.78, 5) is 2.48. The second-order valence-electron chi connectivity index (χ2n) is 17.2. The van der Waals surface area contributed by atoms with Crippen molar-refractivity contribution in [3.05, 3.63) is 206 Å². The van der Waals surface area contributed by atoms with E-state index in [1.54, 1.807) is 0 Å². The highest BCUT2D eigenvalue weighted by Crippen LogP contribution is 2.49. The molecule has 0 saturated heterocycles. The lowest BCUT2D eigenvalue weighted by molar-refractivity contribution is 1.13. The van der Waals surface area contributed by atoms with Crippen molar-refractivity contribution < 1.29 is 0 Å². The van der Waals surface area contributed by atoms with Crippen LogP contribution in [0.1, 0.15) is 0 Å². The fraction of sp³-hybridized carbons (Fsp3) is 0. The van der Waals surface area contributed by atoms with E-state index in [9.17, 15) is 0 Å². The first-order chi connectivity index (χ1) is 30.8. The lowest BCUT2D eigenvalue weighted by Gasteiger charge is -2.37. The standard InChI is InChI=1S/C58H34BN3/c1-3-19-39(20-4-1)60(40-21-5-2-6-22-40)50-32-31-49-55-58(50)62-48-30-28-36-16-8-12-24-42(36)52(48)54-44-26-14-10-18-38(44)34-46(57(54)62)59(55)45-33-37-17-9-13-25-43(37)53-51-41-23-11-7-15-35(41)27-29-47(51)61(49)56(45)53/h1-34H. The van der Waals surface area contributed by atoms with Gasteiger partial charge in [0.05, 0.1) is 33.4 Å². The van der Waals surface area contributed by atoms with Crippen LogP contribution in [0.5, 0.6) is 0 Å². The van der Waals surface area contributed by atoms with E-state index in [2.05, 4.69) is 220 Å². The number of fused-ring (bicyclic) bond motifs is 18. The van der Waals surface area contributed by atoms with Crippen molar-refractivity contribution in [1.29, 1.82) is 0 Å². The number of hydrogen-bond donors (Lipinski definition) is 0. The summed E-state index contributed by atoms with van der Waals surface area (Å²) >= 11 is 0. The van der Waals surface area contributed by atoms with Crippen molar-refractivity contribution in [2.45, 2.75) is 0 Å². The molecule has 284 valence electrons. The highest BCUT2D eigenvalue weighted by atomic mass is 15.2. The first-order valence-corrected chi connectivity index (χ1v) is 21.6. The average molecular weight is 784 g/mol. The van der Waals surface area contributed by atoms with Gasteiger partial charge < -0.3 is 14.0 Å². The zero-order valence-corrected chi connectivity index (χ0v) is 33.5. The summed E-state index contributed by atoms with van der Waals surface area (Å²) in [5.41, 5.74) is 15.0. The Labute approximate surface area is 357 Å². The normalized spacial score (nSPS) is 12.8. The van der Waals surface area contributed by atoms with Crippen molar-refractivity contribution in [3.63, 3.8) is 0 Å². The smallest absolute Gasteiger partial charge is 0.252 e. The van der Waals surface area contributed by atoms with Crippen molar-refractivity contribution in [2.75, 3.05) is 4.90 Å². The molecule has 0 amide bonds. The summed E-state index contributed by atoms with van der Waals surface area (Å²) in [6, 6.07) is 77.1. The highest BCUT2D eigenvalue weighted by Gasteiger charge is 2.43. The number of benzene rings is 11. The molecule has 0 unspecified atom stereocenters. The summed E-state index contributed by atoms with van der Waals surface area (Å²) in [6.45, 7) is -0.0429. The minimum absolute atomic E-state index is 0.0429. The van der Waals surface area contributed by atoms with Crippen molar-refractivity contribution in [2.24, 2.45) is 0 Å². The van der Waals surface area contributed by atoms with E-state index >= 15 is 0 Å².